The Bertz CT molecular complexity index is 703. The van der Waals surface area contributed by atoms with Crippen LogP contribution in [0.3, 0.4) is 0 Å². The molecule has 0 aromatic carbocycles. The van der Waals surface area contributed by atoms with Gasteiger partial charge in [-0.15, -0.1) is 0 Å². The van der Waals surface area contributed by atoms with Gasteiger partial charge in [0.25, 0.3) is 0 Å². The third-order valence-electron chi connectivity index (χ3n) is 4.70. The van der Waals surface area contributed by atoms with Gasteiger partial charge in [-0.25, -0.2) is 4.79 Å². The monoisotopic (exact) mass is 489 g/mol. The molecule has 0 rings (SSSR count). The first-order chi connectivity index (χ1) is 15.2. The Kier molecular flexibility index (Phi) is 13.7. The van der Waals surface area contributed by atoms with E-state index in [1.807, 2.05) is 27.7 Å². The second-order valence-electron chi connectivity index (χ2n) is 8.97. The van der Waals surface area contributed by atoms with Crippen LogP contribution in [-0.2, 0) is 24.0 Å². The zero-order valence-electron chi connectivity index (χ0n) is 20.2. The Balaban J connectivity index is 5.01. The molecule has 0 aliphatic heterocycles. The molecule has 0 fully saturated rings. The molecule has 0 saturated carbocycles. The van der Waals surface area contributed by atoms with Crippen molar-refractivity contribution in [2.45, 2.75) is 84.6 Å². The van der Waals surface area contributed by atoms with Gasteiger partial charge in [-0.05, 0) is 38.5 Å². The van der Waals surface area contributed by atoms with Crippen molar-refractivity contribution in [2.75, 3.05) is 5.75 Å². The van der Waals surface area contributed by atoms with E-state index in [1.165, 1.54) is 13.8 Å². The Morgan fingerprint density at radius 1 is 0.697 bits per heavy atom. The number of carboxylic acids is 1. The third-order valence-corrected chi connectivity index (χ3v) is 5.07. The Morgan fingerprint density at radius 3 is 1.55 bits per heavy atom. The molecule has 0 heterocycles. The van der Waals surface area contributed by atoms with E-state index in [1.54, 1.807) is 0 Å². The van der Waals surface area contributed by atoms with Gasteiger partial charge in [-0.1, -0.05) is 27.7 Å². The first kappa shape index (κ1) is 30.7. The lowest BCUT2D eigenvalue weighted by atomic mass is 10.0. The normalized spacial score (nSPS) is 15.7. The molecule has 0 bridgehead atoms. The summed E-state index contributed by atoms with van der Waals surface area (Å²) in [7, 11) is 0. The number of hydrogen-bond acceptors (Lipinski definition) is 7. The van der Waals surface area contributed by atoms with Crippen LogP contribution in [-0.4, -0.2) is 70.7 Å². The SMILES string of the molecule is CC(C)CC(N)C(=O)NC(CC(C)C)C(=O)NC(C)C(=O)NC(C)C(=O)NC(CS)C(=O)O. The van der Waals surface area contributed by atoms with E-state index in [-0.39, 0.29) is 17.6 Å². The van der Waals surface area contributed by atoms with Crippen LogP contribution in [0.15, 0.2) is 0 Å². The number of nitrogens with one attached hydrogen (secondary N) is 4. The second-order valence-corrected chi connectivity index (χ2v) is 9.33. The molecule has 0 aromatic heterocycles. The summed E-state index contributed by atoms with van der Waals surface area (Å²) in [6, 6.07) is -4.87. The summed E-state index contributed by atoms with van der Waals surface area (Å²) < 4.78 is 0. The predicted molar refractivity (Wildman–Crippen MR) is 127 cm³/mol. The lowest BCUT2D eigenvalue weighted by Crippen LogP contribution is -2.57. The first-order valence-corrected chi connectivity index (χ1v) is 11.6. The van der Waals surface area contributed by atoms with Crippen molar-refractivity contribution in [3.8, 4) is 0 Å². The number of carbonyl (C=O) groups excluding carboxylic acids is 4. The van der Waals surface area contributed by atoms with Gasteiger partial charge in [0.05, 0.1) is 6.04 Å². The molecule has 190 valence electrons. The molecule has 0 spiro atoms. The molecule has 11 nitrogen and oxygen atoms in total. The third kappa shape index (κ3) is 11.9. The van der Waals surface area contributed by atoms with Crippen LogP contribution in [0.1, 0.15) is 54.4 Å². The Labute approximate surface area is 200 Å². The summed E-state index contributed by atoms with van der Waals surface area (Å²) in [5, 5.41) is 18.9. The van der Waals surface area contributed by atoms with E-state index in [2.05, 4.69) is 33.9 Å². The summed E-state index contributed by atoms with van der Waals surface area (Å²) in [4.78, 5) is 60.7. The number of carboxylic acid groups (broad SMARTS) is 1. The Morgan fingerprint density at radius 2 is 1.12 bits per heavy atom. The van der Waals surface area contributed by atoms with Crippen LogP contribution in [0.5, 0.6) is 0 Å². The van der Waals surface area contributed by atoms with Crippen LogP contribution < -0.4 is 27.0 Å². The van der Waals surface area contributed by atoms with Crippen LogP contribution in [0.2, 0.25) is 0 Å². The number of carbonyl (C=O) groups is 5. The molecule has 5 atom stereocenters. The molecule has 0 radical (unpaired) electrons. The summed E-state index contributed by atoms with van der Waals surface area (Å²) in [6.45, 7) is 10.5. The molecular weight excluding hydrogens is 450 g/mol. The molecule has 0 saturated heterocycles. The topological polar surface area (TPSA) is 180 Å². The fourth-order valence-corrected chi connectivity index (χ4v) is 3.11. The number of nitrogens with two attached hydrogens (primary N) is 1. The average Bonchev–Trinajstić information content (AvgIpc) is 2.69. The molecule has 4 amide bonds. The number of amides is 4. The van der Waals surface area contributed by atoms with Gasteiger partial charge in [0.2, 0.25) is 23.6 Å². The molecule has 12 heteroatoms. The standard InChI is InChI=1S/C21H39N5O6S/c1-10(2)7-14(22)19(29)25-15(8-11(3)4)20(30)24-12(5)17(27)23-13(6)18(28)26-16(9-33)21(31)32/h10-16,33H,7-9,22H2,1-6H3,(H,23,27)(H,24,30)(H,25,29)(H,26,28)(H,31,32). The smallest absolute Gasteiger partial charge is 0.327 e. The van der Waals surface area contributed by atoms with Crippen molar-refractivity contribution in [3.05, 3.63) is 0 Å². The van der Waals surface area contributed by atoms with Gasteiger partial charge < -0.3 is 32.1 Å². The first-order valence-electron chi connectivity index (χ1n) is 11.0. The quantitative estimate of drug-likeness (QED) is 0.159. The van der Waals surface area contributed by atoms with E-state index in [4.69, 9.17) is 10.8 Å². The number of hydrogen-bond donors (Lipinski definition) is 7. The highest BCUT2D eigenvalue weighted by Crippen LogP contribution is 2.08. The highest BCUT2D eigenvalue weighted by molar-refractivity contribution is 7.80. The number of rotatable bonds is 14. The summed E-state index contributed by atoms with van der Waals surface area (Å²) in [6.07, 6.45) is 0.815. The molecule has 0 aromatic rings. The fourth-order valence-electron chi connectivity index (χ4n) is 2.86. The van der Waals surface area contributed by atoms with Crippen LogP contribution in [0.25, 0.3) is 0 Å². The van der Waals surface area contributed by atoms with Crippen molar-refractivity contribution < 1.29 is 29.1 Å². The number of thiol groups is 1. The highest BCUT2D eigenvalue weighted by atomic mass is 32.1. The van der Waals surface area contributed by atoms with Gasteiger partial charge in [0.1, 0.15) is 24.2 Å². The molecule has 0 aliphatic rings. The lowest BCUT2D eigenvalue weighted by molar-refractivity contribution is -0.141. The maximum absolute atomic E-state index is 12.8. The van der Waals surface area contributed by atoms with Crippen molar-refractivity contribution in [3.63, 3.8) is 0 Å². The maximum Gasteiger partial charge on any atom is 0.327 e. The minimum atomic E-state index is -1.25. The minimum absolute atomic E-state index is 0.0873. The van der Waals surface area contributed by atoms with Crippen molar-refractivity contribution in [1.82, 2.24) is 21.3 Å². The zero-order chi connectivity index (χ0) is 25.9. The van der Waals surface area contributed by atoms with Crippen molar-refractivity contribution in [2.24, 2.45) is 17.6 Å². The average molecular weight is 490 g/mol. The van der Waals surface area contributed by atoms with E-state index in [0.717, 1.165) is 0 Å². The molecular formula is C21H39N5O6S. The van der Waals surface area contributed by atoms with E-state index < -0.39 is 59.8 Å². The van der Waals surface area contributed by atoms with Gasteiger partial charge in [0, 0.05) is 5.75 Å². The van der Waals surface area contributed by atoms with E-state index in [9.17, 15) is 24.0 Å². The van der Waals surface area contributed by atoms with E-state index in [0.29, 0.717) is 12.8 Å². The minimum Gasteiger partial charge on any atom is -0.480 e. The van der Waals surface area contributed by atoms with Gasteiger partial charge in [-0.2, -0.15) is 12.6 Å². The molecule has 5 unspecified atom stereocenters. The van der Waals surface area contributed by atoms with Crippen LogP contribution in [0, 0.1) is 11.8 Å². The van der Waals surface area contributed by atoms with Crippen LogP contribution >= 0.6 is 12.6 Å². The van der Waals surface area contributed by atoms with Crippen molar-refractivity contribution >= 4 is 42.2 Å². The van der Waals surface area contributed by atoms with Gasteiger partial charge in [0.15, 0.2) is 0 Å². The molecule has 7 N–H and O–H groups in total. The van der Waals surface area contributed by atoms with Crippen molar-refractivity contribution in [1.29, 1.82) is 0 Å². The Hall–Kier alpha value is -2.34. The number of aliphatic carboxylic acids is 1. The summed E-state index contributed by atoms with van der Waals surface area (Å²) in [5.41, 5.74) is 5.91. The zero-order valence-corrected chi connectivity index (χ0v) is 21.1. The summed E-state index contributed by atoms with van der Waals surface area (Å²) >= 11 is 3.86. The maximum atomic E-state index is 12.8. The van der Waals surface area contributed by atoms with E-state index >= 15 is 0 Å². The molecule has 33 heavy (non-hydrogen) atoms. The lowest BCUT2D eigenvalue weighted by Gasteiger charge is -2.25. The fraction of sp³-hybridized carbons (Fsp3) is 0.762. The highest BCUT2D eigenvalue weighted by Gasteiger charge is 2.29. The largest absolute Gasteiger partial charge is 0.480 e. The van der Waals surface area contributed by atoms with Gasteiger partial charge >= 0.3 is 5.97 Å². The summed E-state index contributed by atoms with van der Waals surface area (Å²) in [5.74, 6) is -3.39. The van der Waals surface area contributed by atoms with Gasteiger partial charge in [-0.3, -0.25) is 19.2 Å². The predicted octanol–water partition coefficient (Wildman–Crippen LogP) is -0.601. The van der Waals surface area contributed by atoms with Crippen LogP contribution in [0.4, 0.5) is 0 Å². The second kappa shape index (κ2) is 14.7. The molecule has 0 aliphatic carbocycles.